The van der Waals surface area contributed by atoms with Crippen LogP contribution in [0, 0.1) is 28.6 Å². The standard InChI is InChI=1S/C23H19ClF3NO3/c1-22(2)17(12-19(24)23(25,26)27)20(22)21(29)31-18(13-28)14-7-6-10-16(11-14)30-15-8-4-3-5-9-15/h3-12,17-18,20H,1-2H3/b19-12-/t17?,18?,20-/m0/s1. The summed E-state index contributed by atoms with van der Waals surface area (Å²) in [6.45, 7) is 3.30. The van der Waals surface area contributed by atoms with Crippen LogP contribution >= 0.6 is 11.6 Å². The first-order valence-electron chi connectivity index (χ1n) is 9.41. The minimum absolute atomic E-state index is 0.392. The maximum absolute atomic E-state index is 12.7. The molecule has 1 fully saturated rings. The summed E-state index contributed by atoms with van der Waals surface area (Å²) < 4.78 is 49.2. The van der Waals surface area contributed by atoms with Gasteiger partial charge < -0.3 is 9.47 Å². The number of benzene rings is 2. The summed E-state index contributed by atoms with van der Waals surface area (Å²) in [5, 5.41) is 8.23. The van der Waals surface area contributed by atoms with Gasteiger partial charge in [-0.15, -0.1) is 0 Å². The zero-order valence-electron chi connectivity index (χ0n) is 16.7. The lowest BCUT2D eigenvalue weighted by atomic mass is 10.1. The topological polar surface area (TPSA) is 59.3 Å². The van der Waals surface area contributed by atoms with Crippen LogP contribution in [-0.4, -0.2) is 12.1 Å². The smallest absolute Gasteiger partial charge is 0.426 e. The van der Waals surface area contributed by atoms with E-state index >= 15 is 0 Å². The Labute approximate surface area is 182 Å². The van der Waals surface area contributed by atoms with E-state index in [0.29, 0.717) is 17.1 Å². The summed E-state index contributed by atoms with van der Waals surface area (Å²) in [6.07, 6.45) is -5.07. The van der Waals surface area contributed by atoms with Gasteiger partial charge in [0, 0.05) is 5.56 Å². The number of allylic oxidation sites excluding steroid dienone is 2. The van der Waals surface area contributed by atoms with E-state index in [0.717, 1.165) is 6.08 Å². The Balaban J connectivity index is 1.72. The summed E-state index contributed by atoms with van der Waals surface area (Å²) in [6, 6.07) is 17.4. The number of carbonyl (C=O) groups is 1. The monoisotopic (exact) mass is 449 g/mol. The molecule has 0 spiro atoms. The van der Waals surface area contributed by atoms with Crippen molar-refractivity contribution in [1.82, 2.24) is 0 Å². The molecule has 0 bridgehead atoms. The third-order valence-corrected chi connectivity index (χ3v) is 5.59. The van der Waals surface area contributed by atoms with Crippen molar-refractivity contribution in [3.8, 4) is 17.6 Å². The number of carbonyl (C=O) groups excluding carboxylic acids is 1. The number of nitrogens with zero attached hydrogens (tertiary/aromatic N) is 1. The lowest BCUT2D eigenvalue weighted by Crippen LogP contribution is -2.14. The van der Waals surface area contributed by atoms with Gasteiger partial charge in [0.2, 0.25) is 6.10 Å². The average molecular weight is 450 g/mol. The maximum atomic E-state index is 12.7. The Hall–Kier alpha value is -2.98. The Kier molecular flexibility index (Phi) is 6.33. The molecule has 3 rings (SSSR count). The fourth-order valence-electron chi connectivity index (χ4n) is 3.42. The second-order valence-electron chi connectivity index (χ2n) is 7.77. The number of ether oxygens (including phenoxy) is 2. The number of rotatable bonds is 6. The van der Waals surface area contributed by atoms with Crippen molar-refractivity contribution in [2.45, 2.75) is 26.1 Å². The normalized spacial score (nSPS) is 21.0. The van der Waals surface area contributed by atoms with Crippen molar-refractivity contribution in [1.29, 1.82) is 5.26 Å². The minimum Gasteiger partial charge on any atom is -0.457 e. The SMILES string of the molecule is CC1(C)C(/C=C(\Cl)C(F)(F)F)[C@H]1C(=O)OC(C#N)c1cccc(Oc2ccccc2)c1. The highest BCUT2D eigenvalue weighted by molar-refractivity contribution is 6.30. The van der Waals surface area contributed by atoms with Gasteiger partial charge in [0.1, 0.15) is 22.6 Å². The van der Waals surface area contributed by atoms with Crippen LogP contribution in [0.15, 0.2) is 65.7 Å². The molecule has 162 valence electrons. The number of halogens is 4. The molecule has 0 N–H and O–H groups in total. The average Bonchev–Trinajstić information content (AvgIpc) is 3.26. The van der Waals surface area contributed by atoms with Crippen LogP contribution in [0.1, 0.15) is 25.5 Å². The van der Waals surface area contributed by atoms with Crippen LogP contribution < -0.4 is 4.74 Å². The first-order valence-corrected chi connectivity index (χ1v) is 9.79. The van der Waals surface area contributed by atoms with Gasteiger partial charge in [0.15, 0.2) is 0 Å². The quantitative estimate of drug-likeness (QED) is 0.469. The summed E-state index contributed by atoms with van der Waals surface area (Å²) in [7, 11) is 0. The molecule has 2 aromatic carbocycles. The molecular formula is C23H19ClF3NO3. The molecule has 31 heavy (non-hydrogen) atoms. The zero-order chi connectivity index (χ0) is 22.8. The van der Waals surface area contributed by atoms with E-state index in [1.54, 1.807) is 50.2 Å². The molecule has 0 amide bonds. The Bertz CT molecular complexity index is 1030. The van der Waals surface area contributed by atoms with Crippen molar-refractivity contribution in [3.05, 3.63) is 71.3 Å². The minimum atomic E-state index is -4.68. The van der Waals surface area contributed by atoms with Gasteiger partial charge in [-0.1, -0.05) is 61.9 Å². The van der Waals surface area contributed by atoms with Crippen LogP contribution in [0.2, 0.25) is 0 Å². The predicted molar refractivity (Wildman–Crippen MR) is 108 cm³/mol. The molecule has 0 saturated heterocycles. The Morgan fingerprint density at radius 3 is 2.42 bits per heavy atom. The largest absolute Gasteiger partial charge is 0.457 e. The molecule has 1 aliphatic rings. The van der Waals surface area contributed by atoms with Crippen molar-refractivity contribution in [3.63, 3.8) is 0 Å². The molecule has 0 radical (unpaired) electrons. The molecule has 0 aliphatic heterocycles. The first kappa shape index (κ1) is 22.7. The number of para-hydroxylation sites is 1. The second-order valence-corrected chi connectivity index (χ2v) is 8.18. The fourth-order valence-corrected chi connectivity index (χ4v) is 3.55. The van der Waals surface area contributed by atoms with Crippen LogP contribution in [-0.2, 0) is 9.53 Å². The zero-order valence-corrected chi connectivity index (χ0v) is 17.4. The number of nitriles is 1. The lowest BCUT2D eigenvalue weighted by Gasteiger charge is -2.13. The molecular weight excluding hydrogens is 431 g/mol. The van der Waals surface area contributed by atoms with E-state index in [-0.39, 0.29) is 0 Å². The van der Waals surface area contributed by atoms with Gasteiger partial charge in [-0.25, -0.2) is 0 Å². The Morgan fingerprint density at radius 2 is 1.81 bits per heavy atom. The summed E-state index contributed by atoms with van der Waals surface area (Å²) in [5.41, 5.74) is -0.371. The molecule has 8 heteroatoms. The maximum Gasteiger partial charge on any atom is 0.426 e. The summed E-state index contributed by atoms with van der Waals surface area (Å²) >= 11 is 5.32. The third-order valence-electron chi connectivity index (χ3n) is 5.25. The van der Waals surface area contributed by atoms with E-state index in [1.165, 1.54) is 0 Å². The van der Waals surface area contributed by atoms with Gasteiger partial charge >= 0.3 is 12.1 Å². The Morgan fingerprint density at radius 1 is 1.16 bits per heavy atom. The van der Waals surface area contributed by atoms with E-state index in [9.17, 15) is 23.2 Å². The first-order chi connectivity index (χ1) is 14.5. The van der Waals surface area contributed by atoms with Gasteiger partial charge in [-0.05, 0) is 35.6 Å². The number of esters is 1. The molecule has 4 nitrogen and oxygen atoms in total. The third kappa shape index (κ3) is 5.20. The van der Waals surface area contributed by atoms with Crippen LogP contribution in [0.3, 0.4) is 0 Å². The van der Waals surface area contributed by atoms with E-state index in [4.69, 9.17) is 21.1 Å². The predicted octanol–water partition coefficient (Wildman–Crippen LogP) is 6.54. The van der Waals surface area contributed by atoms with Crippen molar-refractivity contribution >= 4 is 17.6 Å². The van der Waals surface area contributed by atoms with E-state index < -0.39 is 40.5 Å². The molecule has 1 saturated carbocycles. The van der Waals surface area contributed by atoms with E-state index in [1.807, 2.05) is 24.3 Å². The highest BCUT2D eigenvalue weighted by atomic mass is 35.5. The van der Waals surface area contributed by atoms with Gasteiger partial charge in [-0.2, -0.15) is 18.4 Å². The second kappa shape index (κ2) is 8.64. The molecule has 2 unspecified atom stereocenters. The fraction of sp³-hybridized carbons (Fsp3) is 0.304. The van der Waals surface area contributed by atoms with Crippen LogP contribution in [0.5, 0.6) is 11.5 Å². The van der Waals surface area contributed by atoms with Gasteiger partial charge in [-0.3, -0.25) is 4.79 Å². The highest BCUT2D eigenvalue weighted by Gasteiger charge is 2.62. The van der Waals surface area contributed by atoms with Crippen molar-refractivity contribution in [2.24, 2.45) is 17.3 Å². The summed E-state index contributed by atoms with van der Waals surface area (Å²) in [5.74, 6) is -1.27. The number of hydrogen-bond acceptors (Lipinski definition) is 4. The van der Waals surface area contributed by atoms with Crippen molar-refractivity contribution < 1.29 is 27.4 Å². The van der Waals surface area contributed by atoms with Crippen LogP contribution in [0.4, 0.5) is 13.2 Å². The van der Waals surface area contributed by atoms with Crippen LogP contribution in [0.25, 0.3) is 0 Å². The van der Waals surface area contributed by atoms with Crippen molar-refractivity contribution in [2.75, 3.05) is 0 Å². The molecule has 1 aliphatic carbocycles. The van der Waals surface area contributed by atoms with Gasteiger partial charge in [0.25, 0.3) is 0 Å². The molecule has 0 aromatic heterocycles. The molecule has 2 aromatic rings. The van der Waals surface area contributed by atoms with Gasteiger partial charge in [0.05, 0.1) is 5.92 Å². The molecule has 0 heterocycles. The number of alkyl halides is 3. The highest BCUT2D eigenvalue weighted by Crippen LogP contribution is 2.60. The number of hydrogen-bond donors (Lipinski definition) is 0. The summed E-state index contributed by atoms with van der Waals surface area (Å²) in [4.78, 5) is 12.6. The molecule has 3 atom stereocenters. The van der Waals surface area contributed by atoms with E-state index in [2.05, 4.69) is 0 Å². The lowest BCUT2D eigenvalue weighted by molar-refractivity contribution is -0.149.